The topological polar surface area (TPSA) is 56.6 Å². The molecule has 0 fully saturated rings. The first kappa shape index (κ1) is 21.4. The van der Waals surface area contributed by atoms with E-state index in [1.165, 1.54) is 12.1 Å². The van der Waals surface area contributed by atoms with E-state index in [1.807, 2.05) is 37.9 Å². The van der Waals surface area contributed by atoms with Crippen molar-refractivity contribution >= 4 is 11.6 Å². The number of carbonyl (C=O) groups is 1. The van der Waals surface area contributed by atoms with Gasteiger partial charge >= 0.3 is 0 Å². The zero-order valence-electron chi connectivity index (χ0n) is 16.6. The van der Waals surface area contributed by atoms with Crippen LogP contribution in [0.2, 0.25) is 0 Å². The fraction of sp³-hybridized carbons (Fsp3) is 0.364. The number of halogens is 1. The molecule has 28 heavy (non-hydrogen) atoms. The van der Waals surface area contributed by atoms with E-state index in [0.717, 1.165) is 16.8 Å². The Morgan fingerprint density at radius 2 is 1.75 bits per heavy atom. The van der Waals surface area contributed by atoms with E-state index in [0.29, 0.717) is 25.4 Å². The lowest BCUT2D eigenvalue weighted by molar-refractivity contribution is -0.119. The monoisotopic (exact) mass is 383 g/mol. The molecule has 0 saturated carbocycles. The van der Waals surface area contributed by atoms with Crippen LogP contribution in [0.25, 0.3) is 0 Å². The third kappa shape index (κ3) is 6.67. The first-order valence-electron chi connectivity index (χ1n) is 9.21. The Balaban J connectivity index is 1.93. The van der Waals surface area contributed by atoms with E-state index in [9.17, 15) is 9.18 Å². The lowest BCUT2D eigenvalue weighted by atomic mass is 10.1. The van der Waals surface area contributed by atoms with Crippen LogP contribution in [0.1, 0.15) is 17.5 Å². The molecular weight excluding hydrogens is 357 g/mol. The van der Waals surface area contributed by atoms with Crippen molar-refractivity contribution in [2.45, 2.75) is 20.3 Å². The fourth-order valence-electron chi connectivity index (χ4n) is 2.91. The highest BCUT2D eigenvalue weighted by atomic mass is 19.1. The molecule has 0 atom stereocenters. The molecular formula is C22H26FN3O2. The maximum absolute atomic E-state index is 12.9. The Kier molecular flexibility index (Phi) is 7.97. The second-order valence-electron chi connectivity index (χ2n) is 6.84. The average molecular weight is 383 g/mol. The van der Waals surface area contributed by atoms with Crippen LogP contribution in [-0.2, 0) is 4.79 Å². The number of hydrogen-bond donors (Lipinski definition) is 0. The van der Waals surface area contributed by atoms with Gasteiger partial charge in [0.15, 0.2) is 0 Å². The number of carbonyl (C=O) groups excluding carboxylic acids is 1. The van der Waals surface area contributed by atoms with Crippen LogP contribution in [0.4, 0.5) is 10.1 Å². The van der Waals surface area contributed by atoms with Gasteiger partial charge in [0, 0.05) is 18.8 Å². The highest BCUT2D eigenvalue weighted by Gasteiger charge is 2.18. The maximum atomic E-state index is 12.9. The van der Waals surface area contributed by atoms with Crippen molar-refractivity contribution < 1.29 is 13.9 Å². The molecule has 148 valence electrons. The van der Waals surface area contributed by atoms with Gasteiger partial charge in [0.25, 0.3) is 0 Å². The van der Waals surface area contributed by atoms with Gasteiger partial charge in [-0.25, -0.2) is 4.39 Å². The second kappa shape index (κ2) is 10.4. The smallest absolute Gasteiger partial charge is 0.241 e. The van der Waals surface area contributed by atoms with Gasteiger partial charge in [-0.1, -0.05) is 6.07 Å². The van der Waals surface area contributed by atoms with Gasteiger partial charge in [0.2, 0.25) is 5.91 Å². The molecule has 0 aliphatic heterocycles. The molecule has 0 unspecified atom stereocenters. The number of aryl methyl sites for hydroxylation is 2. The van der Waals surface area contributed by atoms with Crippen molar-refractivity contribution in [2.75, 3.05) is 38.2 Å². The molecule has 1 amide bonds. The van der Waals surface area contributed by atoms with Gasteiger partial charge < -0.3 is 9.64 Å². The molecule has 0 aliphatic carbocycles. The third-order valence-electron chi connectivity index (χ3n) is 4.23. The number of amides is 1. The van der Waals surface area contributed by atoms with Crippen LogP contribution in [0.5, 0.6) is 5.75 Å². The number of anilines is 1. The van der Waals surface area contributed by atoms with Crippen LogP contribution in [0.15, 0.2) is 42.5 Å². The zero-order chi connectivity index (χ0) is 20.5. The second-order valence-corrected chi connectivity index (χ2v) is 6.84. The molecule has 2 aromatic rings. The van der Waals surface area contributed by atoms with E-state index in [1.54, 1.807) is 17.0 Å². The molecule has 2 rings (SSSR count). The van der Waals surface area contributed by atoms with Crippen molar-refractivity contribution in [3.63, 3.8) is 0 Å². The molecule has 2 aromatic carbocycles. The fourth-order valence-corrected chi connectivity index (χ4v) is 2.91. The first-order chi connectivity index (χ1) is 13.4. The van der Waals surface area contributed by atoms with Crippen molar-refractivity contribution in [3.8, 4) is 11.8 Å². The van der Waals surface area contributed by atoms with Crippen LogP contribution in [0.3, 0.4) is 0 Å². The predicted molar refractivity (Wildman–Crippen MR) is 108 cm³/mol. The summed E-state index contributed by atoms with van der Waals surface area (Å²) in [6.45, 7) is 5.48. The Labute approximate surface area is 165 Å². The van der Waals surface area contributed by atoms with Gasteiger partial charge in [-0.2, -0.15) is 5.26 Å². The summed E-state index contributed by atoms with van der Waals surface area (Å²) in [5.74, 6) is 0.218. The summed E-state index contributed by atoms with van der Waals surface area (Å²) in [4.78, 5) is 16.4. The van der Waals surface area contributed by atoms with E-state index in [-0.39, 0.29) is 24.7 Å². The number of hydrogen-bond acceptors (Lipinski definition) is 4. The SMILES string of the molecule is Cc1cc(C)cc(N(CCC#N)C(=O)CN(C)CCOc2ccc(F)cc2)c1. The van der Waals surface area contributed by atoms with E-state index in [2.05, 4.69) is 12.1 Å². The predicted octanol–water partition coefficient (Wildman–Crippen LogP) is 3.70. The summed E-state index contributed by atoms with van der Waals surface area (Å²) in [5.41, 5.74) is 2.96. The molecule has 5 nitrogen and oxygen atoms in total. The lowest BCUT2D eigenvalue weighted by Gasteiger charge is -2.25. The lowest BCUT2D eigenvalue weighted by Crippen LogP contribution is -2.40. The number of rotatable bonds is 9. The molecule has 0 radical (unpaired) electrons. The van der Waals surface area contributed by atoms with Gasteiger partial charge in [-0.3, -0.25) is 9.69 Å². The molecule has 0 bridgehead atoms. The van der Waals surface area contributed by atoms with E-state index >= 15 is 0 Å². The number of benzene rings is 2. The largest absolute Gasteiger partial charge is 0.492 e. The minimum Gasteiger partial charge on any atom is -0.492 e. The third-order valence-corrected chi connectivity index (χ3v) is 4.23. The molecule has 0 aliphatic rings. The standard InChI is InChI=1S/C22H26FN3O2/c1-17-13-18(2)15-20(14-17)26(10-4-9-24)22(27)16-25(3)11-12-28-21-7-5-19(23)6-8-21/h5-8,13-15H,4,10-12,16H2,1-3H3. The summed E-state index contributed by atoms with van der Waals surface area (Å²) in [7, 11) is 1.84. The van der Waals surface area contributed by atoms with E-state index < -0.39 is 0 Å². The Morgan fingerprint density at radius 1 is 1.11 bits per heavy atom. The maximum Gasteiger partial charge on any atom is 0.241 e. The number of nitriles is 1. The quantitative estimate of drug-likeness (QED) is 0.663. The van der Waals surface area contributed by atoms with Gasteiger partial charge in [-0.15, -0.1) is 0 Å². The molecule has 0 heterocycles. The average Bonchev–Trinajstić information content (AvgIpc) is 2.63. The summed E-state index contributed by atoms with van der Waals surface area (Å²) >= 11 is 0. The van der Waals surface area contributed by atoms with Crippen molar-refractivity contribution in [1.29, 1.82) is 5.26 Å². The molecule has 0 saturated heterocycles. The van der Waals surface area contributed by atoms with Gasteiger partial charge in [0.1, 0.15) is 18.2 Å². The van der Waals surface area contributed by atoms with Crippen LogP contribution >= 0.6 is 0 Å². The zero-order valence-corrected chi connectivity index (χ0v) is 16.6. The normalized spacial score (nSPS) is 10.6. The van der Waals surface area contributed by atoms with Crippen molar-refractivity contribution in [3.05, 3.63) is 59.4 Å². The number of likely N-dealkylation sites (N-methyl/N-ethyl adjacent to an activating group) is 1. The summed E-state index contributed by atoms with van der Waals surface area (Å²) < 4.78 is 18.5. The van der Waals surface area contributed by atoms with Crippen LogP contribution < -0.4 is 9.64 Å². The molecule has 6 heteroatoms. The van der Waals surface area contributed by atoms with E-state index in [4.69, 9.17) is 10.00 Å². The van der Waals surface area contributed by atoms with Crippen molar-refractivity contribution in [1.82, 2.24) is 4.90 Å². The van der Waals surface area contributed by atoms with Gasteiger partial charge in [0.05, 0.1) is 19.0 Å². The molecule has 0 aromatic heterocycles. The number of ether oxygens (including phenoxy) is 1. The highest BCUT2D eigenvalue weighted by Crippen LogP contribution is 2.19. The highest BCUT2D eigenvalue weighted by molar-refractivity contribution is 5.95. The molecule has 0 N–H and O–H groups in total. The van der Waals surface area contributed by atoms with Crippen LogP contribution in [-0.4, -0.2) is 44.1 Å². The van der Waals surface area contributed by atoms with Crippen LogP contribution in [0, 0.1) is 31.0 Å². The van der Waals surface area contributed by atoms with Crippen molar-refractivity contribution in [2.24, 2.45) is 0 Å². The minimum atomic E-state index is -0.307. The van der Waals surface area contributed by atoms with Gasteiger partial charge in [-0.05, 0) is 68.4 Å². The Morgan fingerprint density at radius 3 is 2.36 bits per heavy atom. The summed E-state index contributed by atoms with van der Waals surface area (Å²) in [5, 5.41) is 8.94. The minimum absolute atomic E-state index is 0.0652. The number of nitrogens with zero attached hydrogens (tertiary/aromatic N) is 3. The first-order valence-corrected chi connectivity index (χ1v) is 9.21. The molecule has 0 spiro atoms. The Bertz CT molecular complexity index is 810. The summed E-state index contributed by atoms with van der Waals surface area (Å²) in [6.07, 6.45) is 0.274. The Hall–Kier alpha value is -2.91. The summed E-state index contributed by atoms with van der Waals surface area (Å²) in [6, 6.07) is 13.9.